The Morgan fingerprint density at radius 2 is 1.97 bits per heavy atom. The molecule has 168 valence electrons. The van der Waals surface area contributed by atoms with Gasteiger partial charge in [0.05, 0.1) is 7.11 Å². The van der Waals surface area contributed by atoms with E-state index < -0.39 is 6.04 Å². The smallest absolute Gasteiger partial charge is 0.245 e. The second-order valence-electron chi connectivity index (χ2n) is 8.45. The third-order valence-electron chi connectivity index (χ3n) is 6.10. The van der Waals surface area contributed by atoms with Gasteiger partial charge in [-0.2, -0.15) is 0 Å². The first-order chi connectivity index (χ1) is 15.5. The lowest BCUT2D eigenvalue weighted by atomic mass is 10.0. The van der Waals surface area contributed by atoms with Crippen molar-refractivity contribution in [3.8, 4) is 5.75 Å². The van der Waals surface area contributed by atoms with Crippen LogP contribution in [0.1, 0.15) is 36.3 Å². The van der Waals surface area contributed by atoms with E-state index in [-0.39, 0.29) is 11.9 Å². The van der Waals surface area contributed by atoms with Gasteiger partial charge in [-0.25, -0.2) is 4.68 Å². The van der Waals surface area contributed by atoms with Crippen molar-refractivity contribution in [3.63, 3.8) is 0 Å². The Hall–Kier alpha value is -3.26. The van der Waals surface area contributed by atoms with Crippen LogP contribution < -0.4 is 10.1 Å². The molecule has 1 N–H and O–H groups in total. The predicted octanol–water partition coefficient (Wildman–Crippen LogP) is 2.55. The average molecular weight is 435 g/mol. The van der Waals surface area contributed by atoms with Gasteiger partial charge in [0, 0.05) is 31.6 Å². The molecule has 2 aromatic carbocycles. The number of rotatable bonds is 8. The standard InChI is InChI=1S/C24H30N6O2/c1-17-12-21(16-29(17)15-19-8-5-4-6-9-19)25-24(31)23(30-18(2)26-27-28-30)14-20-10-7-11-22(13-20)32-3/h4-11,13,17,21,23H,12,14-16H2,1-3H3,(H,25,31). The molecule has 0 bridgehead atoms. The Balaban J connectivity index is 1.46. The van der Waals surface area contributed by atoms with Crippen molar-refractivity contribution in [2.45, 2.75) is 51.4 Å². The zero-order valence-corrected chi connectivity index (χ0v) is 18.8. The molecule has 4 rings (SSSR count). The fourth-order valence-electron chi connectivity index (χ4n) is 4.38. The molecule has 0 radical (unpaired) electrons. The fraction of sp³-hybridized carbons (Fsp3) is 0.417. The summed E-state index contributed by atoms with van der Waals surface area (Å²) in [6.45, 7) is 5.73. The van der Waals surface area contributed by atoms with Crippen LogP contribution in [0, 0.1) is 6.92 Å². The number of nitrogens with one attached hydrogen (secondary N) is 1. The number of hydrogen-bond acceptors (Lipinski definition) is 6. The van der Waals surface area contributed by atoms with Crippen LogP contribution in [0.15, 0.2) is 54.6 Å². The topological polar surface area (TPSA) is 85.2 Å². The number of hydrogen-bond donors (Lipinski definition) is 1. The Bertz CT molecular complexity index is 1040. The molecular weight excluding hydrogens is 404 g/mol. The van der Waals surface area contributed by atoms with E-state index in [2.05, 4.69) is 56.9 Å². The molecule has 1 amide bonds. The first kappa shape index (κ1) is 22.0. The molecular formula is C24H30N6O2. The summed E-state index contributed by atoms with van der Waals surface area (Å²) in [5.74, 6) is 1.30. The maximum Gasteiger partial charge on any atom is 0.245 e. The van der Waals surface area contributed by atoms with Crippen molar-refractivity contribution in [1.82, 2.24) is 30.4 Å². The Morgan fingerprint density at radius 3 is 2.69 bits per heavy atom. The lowest BCUT2D eigenvalue weighted by molar-refractivity contribution is -0.125. The SMILES string of the molecule is COc1cccc(CC(C(=O)NC2CC(C)N(Cc3ccccc3)C2)n2nnnc2C)c1. The van der Waals surface area contributed by atoms with Crippen LogP contribution in [-0.4, -0.2) is 56.8 Å². The molecule has 1 saturated heterocycles. The number of aryl methyl sites for hydroxylation is 1. The number of carbonyl (C=O) groups is 1. The van der Waals surface area contributed by atoms with Crippen molar-refractivity contribution in [2.24, 2.45) is 0 Å². The van der Waals surface area contributed by atoms with Crippen molar-refractivity contribution >= 4 is 5.91 Å². The van der Waals surface area contributed by atoms with E-state index in [1.165, 1.54) is 5.56 Å². The first-order valence-electron chi connectivity index (χ1n) is 11.0. The average Bonchev–Trinajstić information content (AvgIpc) is 3.37. The van der Waals surface area contributed by atoms with Crippen LogP contribution in [0.25, 0.3) is 0 Å². The monoisotopic (exact) mass is 434 g/mol. The van der Waals surface area contributed by atoms with Gasteiger partial charge in [-0.3, -0.25) is 9.69 Å². The van der Waals surface area contributed by atoms with Gasteiger partial charge in [0.2, 0.25) is 5.91 Å². The minimum Gasteiger partial charge on any atom is -0.497 e. The van der Waals surface area contributed by atoms with Gasteiger partial charge in [-0.15, -0.1) is 5.10 Å². The van der Waals surface area contributed by atoms with Crippen LogP contribution >= 0.6 is 0 Å². The van der Waals surface area contributed by atoms with E-state index in [1.54, 1.807) is 11.8 Å². The van der Waals surface area contributed by atoms with E-state index >= 15 is 0 Å². The lowest BCUT2D eigenvalue weighted by Crippen LogP contribution is -2.42. The molecule has 0 spiro atoms. The summed E-state index contributed by atoms with van der Waals surface area (Å²) in [5, 5.41) is 15.1. The van der Waals surface area contributed by atoms with E-state index in [0.717, 1.165) is 30.8 Å². The number of aromatic nitrogens is 4. The van der Waals surface area contributed by atoms with Gasteiger partial charge in [0.25, 0.3) is 0 Å². The molecule has 3 atom stereocenters. The van der Waals surface area contributed by atoms with Crippen molar-refractivity contribution in [3.05, 3.63) is 71.5 Å². The second kappa shape index (κ2) is 9.91. The molecule has 1 aliphatic rings. The predicted molar refractivity (Wildman–Crippen MR) is 121 cm³/mol. The summed E-state index contributed by atoms with van der Waals surface area (Å²) < 4.78 is 6.94. The molecule has 2 heterocycles. The summed E-state index contributed by atoms with van der Waals surface area (Å²) in [4.78, 5) is 15.8. The summed E-state index contributed by atoms with van der Waals surface area (Å²) in [6.07, 6.45) is 1.39. The van der Waals surface area contributed by atoms with Gasteiger partial charge < -0.3 is 10.1 Å². The second-order valence-corrected chi connectivity index (χ2v) is 8.45. The molecule has 8 heteroatoms. The van der Waals surface area contributed by atoms with Crippen molar-refractivity contribution < 1.29 is 9.53 Å². The van der Waals surface area contributed by atoms with Crippen LogP contribution in [0.4, 0.5) is 0 Å². The highest BCUT2D eigenvalue weighted by molar-refractivity contribution is 5.81. The number of ether oxygens (including phenoxy) is 1. The number of methoxy groups -OCH3 is 1. The van der Waals surface area contributed by atoms with Gasteiger partial charge in [0.15, 0.2) is 0 Å². The third kappa shape index (κ3) is 5.13. The number of likely N-dealkylation sites (tertiary alicyclic amines) is 1. The van der Waals surface area contributed by atoms with E-state index in [9.17, 15) is 4.79 Å². The Morgan fingerprint density at radius 1 is 1.19 bits per heavy atom. The highest BCUT2D eigenvalue weighted by atomic mass is 16.5. The molecule has 32 heavy (non-hydrogen) atoms. The van der Waals surface area contributed by atoms with E-state index in [0.29, 0.717) is 18.3 Å². The van der Waals surface area contributed by atoms with Gasteiger partial charge in [-0.05, 0) is 54.0 Å². The summed E-state index contributed by atoms with van der Waals surface area (Å²) in [7, 11) is 1.64. The Labute approximate surface area is 188 Å². The molecule has 1 aliphatic heterocycles. The zero-order chi connectivity index (χ0) is 22.5. The van der Waals surface area contributed by atoms with Crippen LogP contribution in [0.3, 0.4) is 0 Å². The summed E-state index contributed by atoms with van der Waals surface area (Å²) >= 11 is 0. The van der Waals surface area contributed by atoms with E-state index in [4.69, 9.17) is 4.74 Å². The molecule has 0 aliphatic carbocycles. The number of tetrazole rings is 1. The Kier molecular flexibility index (Phi) is 6.80. The fourth-order valence-corrected chi connectivity index (χ4v) is 4.38. The van der Waals surface area contributed by atoms with Crippen LogP contribution in [-0.2, 0) is 17.8 Å². The molecule has 3 unspecified atom stereocenters. The molecule has 8 nitrogen and oxygen atoms in total. The van der Waals surface area contributed by atoms with Crippen molar-refractivity contribution in [1.29, 1.82) is 0 Å². The highest BCUT2D eigenvalue weighted by Gasteiger charge is 2.33. The molecule has 1 fully saturated rings. The molecule has 0 saturated carbocycles. The minimum absolute atomic E-state index is 0.0676. The molecule has 3 aromatic rings. The van der Waals surface area contributed by atoms with Gasteiger partial charge in [0.1, 0.15) is 17.6 Å². The lowest BCUT2D eigenvalue weighted by Gasteiger charge is -2.22. The summed E-state index contributed by atoms with van der Waals surface area (Å²) in [5.41, 5.74) is 2.27. The maximum absolute atomic E-state index is 13.4. The molecule has 1 aromatic heterocycles. The van der Waals surface area contributed by atoms with Crippen LogP contribution in [0.2, 0.25) is 0 Å². The van der Waals surface area contributed by atoms with Crippen molar-refractivity contribution in [2.75, 3.05) is 13.7 Å². The van der Waals surface area contributed by atoms with Crippen LogP contribution in [0.5, 0.6) is 5.75 Å². The van der Waals surface area contributed by atoms with Gasteiger partial charge in [-0.1, -0.05) is 42.5 Å². The third-order valence-corrected chi connectivity index (χ3v) is 6.10. The summed E-state index contributed by atoms with van der Waals surface area (Å²) in [6, 6.07) is 18.1. The highest BCUT2D eigenvalue weighted by Crippen LogP contribution is 2.23. The number of nitrogens with zero attached hydrogens (tertiary/aromatic N) is 5. The number of carbonyl (C=O) groups excluding carboxylic acids is 1. The normalized spacial score (nSPS) is 19.6. The zero-order valence-electron chi connectivity index (χ0n) is 18.8. The largest absolute Gasteiger partial charge is 0.497 e. The minimum atomic E-state index is -0.532. The number of amides is 1. The quantitative estimate of drug-likeness (QED) is 0.587. The maximum atomic E-state index is 13.4. The number of benzene rings is 2. The van der Waals surface area contributed by atoms with Gasteiger partial charge >= 0.3 is 0 Å². The van der Waals surface area contributed by atoms with E-state index in [1.807, 2.05) is 37.3 Å². The first-order valence-corrected chi connectivity index (χ1v) is 11.0.